The predicted molar refractivity (Wildman–Crippen MR) is 106 cm³/mol. The minimum atomic E-state index is 0.493. The molecular weight excluding hydrogens is 378 g/mol. The normalized spacial score (nSPS) is 10.4. The quantitative estimate of drug-likeness (QED) is 0.569. The number of hydrogen-bond acceptors (Lipinski definition) is 8. The summed E-state index contributed by atoms with van der Waals surface area (Å²) in [5.41, 5.74) is 2.04. The summed E-state index contributed by atoms with van der Waals surface area (Å²) in [4.78, 5) is 0. The number of benzene rings is 2. The zero-order valence-corrected chi connectivity index (χ0v) is 17.2. The van der Waals surface area contributed by atoms with Crippen molar-refractivity contribution >= 4 is 0 Å². The van der Waals surface area contributed by atoms with Crippen molar-refractivity contribution in [2.45, 2.75) is 0 Å². The third kappa shape index (κ3) is 3.58. The van der Waals surface area contributed by atoms with Gasteiger partial charge in [0.15, 0.2) is 23.0 Å². The van der Waals surface area contributed by atoms with E-state index in [-0.39, 0.29) is 0 Å². The van der Waals surface area contributed by atoms with Crippen LogP contribution < -0.4 is 28.4 Å². The second kappa shape index (κ2) is 8.59. The van der Waals surface area contributed by atoms with Gasteiger partial charge in [0.1, 0.15) is 11.4 Å². The number of aromatic nitrogens is 3. The molecule has 0 saturated carbocycles. The molecule has 1 heterocycles. The summed E-state index contributed by atoms with van der Waals surface area (Å²) in [7, 11) is 9.37. The molecule has 0 bridgehead atoms. The predicted octanol–water partition coefficient (Wildman–Crippen LogP) is 2.99. The maximum absolute atomic E-state index is 5.57. The van der Waals surface area contributed by atoms with Gasteiger partial charge in [0, 0.05) is 17.7 Å². The Balaban J connectivity index is 2.24. The van der Waals surface area contributed by atoms with E-state index in [4.69, 9.17) is 28.4 Å². The van der Waals surface area contributed by atoms with Crippen LogP contribution >= 0.6 is 0 Å². The van der Waals surface area contributed by atoms with Crippen molar-refractivity contribution in [1.82, 2.24) is 15.0 Å². The SMILES string of the molecule is COc1cc(OC)c(OC)c(-n2nncc2-c2cc(OC)c(OC)c(OC)c2)c1. The lowest BCUT2D eigenvalue weighted by Crippen LogP contribution is -2.05. The average Bonchev–Trinajstić information content (AvgIpc) is 3.26. The zero-order chi connectivity index (χ0) is 21.0. The monoisotopic (exact) mass is 401 g/mol. The first-order valence-corrected chi connectivity index (χ1v) is 8.63. The van der Waals surface area contributed by atoms with Crippen molar-refractivity contribution in [2.75, 3.05) is 42.7 Å². The largest absolute Gasteiger partial charge is 0.497 e. The standard InChI is InChI=1S/C20H23N3O6/c1-24-13-9-14(19(28-5)18(10-13)27-4)23-15(11-21-22-23)12-7-16(25-2)20(29-6)17(8-12)26-3/h7-11H,1-6H3. The summed E-state index contributed by atoms with van der Waals surface area (Å²) in [5.74, 6) is 3.12. The van der Waals surface area contributed by atoms with Gasteiger partial charge in [0.05, 0.1) is 54.5 Å². The van der Waals surface area contributed by atoms with Gasteiger partial charge >= 0.3 is 0 Å². The molecule has 0 fully saturated rings. The Bertz CT molecular complexity index is 977. The molecule has 3 aromatic rings. The first-order valence-electron chi connectivity index (χ1n) is 8.63. The molecule has 0 spiro atoms. The molecule has 0 atom stereocenters. The molecule has 0 aliphatic carbocycles. The van der Waals surface area contributed by atoms with Crippen molar-refractivity contribution in [3.05, 3.63) is 30.5 Å². The molecule has 0 N–H and O–H groups in total. The second-order valence-electron chi connectivity index (χ2n) is 5.83. The van der Waals surface area contributed by atoms with Crippen LogP contribution in [-0.2, 0) is 0 Å². The molecule has 0 radical (unpaired) electrons. The Morgan fingerprint density at radius 3 is 1.76 bits per heavy atom. The van der Waals surface area contributed by atoms with Crippen LogP contribution in [0.1, 0.15) is 0 Å². The Kier molecular flexibility index (Phi) is 5.96. The lowest BCUT2D eigenvalue weighted by Gasteiger charge is -2.17. The van der Waals surface area contributed by atoms with Crippen molar-refractivity contribution in [3.8, 4) is 51.4 Å². The van der Waals surface area contributed by atoms with Gasteiger partial charge in [-0.25, -0.2) is 4.68 Å². The van der Waals surface area contributed by atoms with E-state index in [9.17, 15) is 0 Å². The van der Waals surface area contributed by atoms with Crippen molar-refractivity contribution in [1.29, 1.82) is 0 Å². The van der Waals surface area contributed by atoms with Crippen LogP contribution in [0.4, 0.5) is 0 Å². The minimum Gasteiger partial charge on any atom is -0.497 e. The minimum absolute atomic E-state index is 0.493. The third-order valence-corrected chi connectivity index (χ3v) is 4.41. The van der Waals surface area contributed by atoms with E-state index in [1.807, 2.05) is 12.1 Å². The topological polar surface area (TPSA) is 86.1 Å². The number of hydrogen-bond donors (Lipinski definition) is 0. The summed E-state index contributed by atoms with van der Waals surface area (Å²) in [6.07, 6.45) is 1.63. The highest BCUT2D eigenvalue weighted by atomic mass is 16.5. The molecule has 29 heavy (non-hydrogen) atoms. The lowest BCUT2D eigenvalue weighted by atomic mass is 10.1. The van der Waals surface area contributed by atoms with E-state index in [2.05, 4.69) is 10.3 Å². The Morgan fingerprint density at radius 1 is 0.655 bits per heavy atom. The van der Waals surface area contributed by atoms with Gasteiger partial charge in [-0.05, 0) is 12.1 Å². The number of nitrogens with zero attached hydrogens (tertiary/aromatic N) is 3. The molecule has 0 amide bonds. The van der Waals surface area contributed by atoms with Gasteiger partial charge < -0.3 is 28.4 Å². The molecule has 3 rings (SSSR count). The maximum atomic E-state index is 5.57. The molecule has 1 aromatic heterocycles. The van der Waals surface area contributed by atoms with Crippen LogP contribution in [0.3, 0.4) is 0 Å². The fourth-order valence-electron chi connectivity index (χ4n) is 3.03. The summed E-state index contributed by atoms with van der Waals surface area (Å²) >= 11 is 0. The molecule has 0 unspecified atom stereocenters. The van der Waals surface area contributed by atoms with Gasteiger partial charge in [-0.1, -0.05) is 5.21 Å². The third-order valence-electron chi connectivity index (χ3n) is 4.41. The van der Waals surface area contributed by atoms with Crippen molar-refractivity contribution in [3.63, 3.8) is 0 Å². The smallest absolute Gasteiger partial charge is 0.203 e. The summed E-state index contributed by atoms with van der Waals surface area (Å²) in [6.45, 7) is 0. The van der Waals surface area contributed by atoms with Crippen molar-refractivity contribution < 1.29 is 28.4 Å². The van der Waals surface area contributed by atoms with Crippen LogP contribution in [-0.4, -0.2) is 57.7 Å². The number of methoxy groups -OCH3 is 6. The molecule has 0 saturated heterocycles. The second-order valence-corrected chi connectivity index (χ2v) is 5.83. The fraction of sp³-hybridized carbons (Fsp3) is 0.300. The van der Waals surface area contributed by atoms with E-state index in [0.29, 0.717) is 45.9 Å². The molecular formula is C20H23N3O6. The van der Waals surface area contributed by atoms with E-state index in [0.717, 1.165) is 5.56 Å². The molecule has 9 heteroatoms. The van der Waals surface area contributed by atoms with E-state index in [1.54, 1.807) is 65.7 Å². The molecule has 154 valence electrons. The molecule has 2 aromatic carbocycles. The number of rotatable bonds is 8. The summed E-state index contributed by atoms with van der Waals surface area (Å²) < 4.78 is 34.4. The van der Waals surface area contributed by atoms with Gasteiger partial charge in [-0.3, -0.25) is 0 Å². The maximum Gasteiger partial charge on any atom is 0.203 e. The van der Waals surface area contributed by atoms with Gasteiger partial charge in [-0.15, -0.1) is 5.10 Å². The van der Waals surface area contributed by atoms with Crippen LogP contribution in [0.15, 0.2) is 30.5 Å². The fourth-order valence-corrected chi connectivity index (χ4v) is 3.03. The molecule has 0 aliphatic rings. The van der Waals surface area contributed by atoms with E-state index < -0.39 is 0 Å². The van der Waals surface area contributed by atoms with Crippen LogP contribution in [0.25, 0.3) is 16.9 Å². The highest BCUT2D eigenvalue weighted by Crippen LogP contribution is 2.43. The first-order chi connectivity index (χ1) is 14.1. The Morgan fingerprint density at radius 2 is 1.24 bits per heavy atom. The first kappa shape index (κ1) is 20.1. The van der Waals surface area contributed by atoms with Gasteiger partial charge in [-0.2, -0.15) is 0 Å². The van der Waals surface area contributed by atoms with E-state index >= 15 is 0 Å². The van der Waals surface area contributed by atoms with Gasteiger partial charge in [0.2, 0.25) is 5.75 Å². The van der Waals surface area contributed by atoms with Crippen LogP contribution in [0.5, 0.6) is 34.5 Å². The lowest BCUT2D eigenvalue weighted by molar-refractivity contribution is 0.324. The Hall–Kier alpha value is -3.62. The van der Waals surface area contributed by atoms with E-state index in [1.165, 1.54) is 0 Å². The summed E-state index contributed by atoms with van der Waals surface area (Å²) in [5, 5.41) is 8.32. The van der Waals surface area contributed by atoms with Crippen LogP contribution in [0, 0.1) is 0 Å². The Labute approximate surface area is 168 Å². The highest BCUT2D eigenvalue weighted by Gasteiger charge is 2.21. The number of ether oxygens (including phenoxy) is 6. The van der Waals surface area contributed by atoms with Crippen molar-refractivity contribution in [2.24, 2.45) is 0 Å². The van der Waals surface area contributed by atoms with Gasteiger partial charge in [0.25, 0.3) is 0 Å². The molecule has 9 nitrogen and oxygen atoms in total. The summed E-state index contributed by atoms with van der Waals surface area (Å²) in [6, 6.07) is 7.16. The zero-order valence-electron chi connectivity index (χ0n) is 17.2. The average molecular weight is 401 g/mol. The van der Waals surface area contributed by atoms with Crippen LogP contribution in [0.2, 0.25) is 0 Å². The molecule has 0 aliphatic heterocycles. The highest BCUT2D eigenvalue weighted by molar-refractivity contribution is 5.71.